The number of hydrogen-bond donors (Lipinski definition) is 0. The summed E-state index contributed by atoms with van der Waals surface area (Å²) in [6.45, 7) is 0.497. The summed E-state index contributed by atoms with van der Waals surface area (Å²) in [5.41, 5.74) is 3.69. The van der Waals surface area contributed by atoms with E-state index in [4.69, 9.17) is 9.72 Å². The molecule has 0 amide bonds. The molecule has 4 aromatic rings. The molecule has 0 saturated heterocycles. The van der Waals surface area contributed by atoms with E-state index in [9.17, 15) is 4.39 Å². The average molecular weight is 355 g/mol. The number of halogens is 1. The number of benzene rings is 3. The van der Waals surface area contributed by atoms with Crippen LogP contribution in [0.15, 0.2) is 84.9 Å². The molecule has 0 radical (unpaired) electrons. The molecule has 3 aromatic carbocycles. The Labute approximate surface area is 157 Å². The third-order valence-corrected chi connectivity index (χ3v) is 4.26. The van der Waals surface area contributed by atoms with E-state index in [1.165, 1.54) is 12.1 Å². The van der Waals surface area contributed by atoms with Gasteiger partial charge in [0, 0.05) is 5.39 Å². The highest BCUT2D eigenvalue weighted by Crippen LogP contribution is 2.25. The molecule has 0 saturated carbocycles. The first-order valence-electron chi connectivity index (χ1n) is 8.78. The zero-order chi connectivity index (χ0) is 18.5. The van der Waals surface area contributed by atoms with E-state index in [0.717, 1.165) is 33.5 Å². The van der Waals surface area contributed by atoms with Crippen LogP contribution in [-0.4, -0.2) is 4.98 Å². The fraction of sp³-hybridized carbons (Fsp3) is 0.0417. The van der Waals surface area contributed by atoms with Gasteiger partial charge in [-0.2, -0.15) is 0 Å². The second-order valence-corrected chi connectivity index (χ2v) is 6.22. The van der Waals surface area contributed by atoms with Gasteiger partial charge in [0.25, 0.3) is 0 Å². The minimum atomic E-state index is -0.240. The van der Waals surface area contributed by atoms with E-state index >= 15 is 0 Å². The minimum absolute atomic E-state index is 0.240. The summed E-state index contributed by atoms with van der Waals surface area (Å²) in [5, 5.41) is 1.03. The van der Waals surface area contributed by atoms with E-state index < -0.39 is 0 Å². The summed E-state index contributed by atoms with van der Waals surface area (Å²) in [5.74, 6) is 0.518. The Hall–Kier alpha value is -3.46. The Morgan fingerprint density at radius 3 is 2.41 bits per heavy atom. The predicted molar refractivity (Wildman–Crippen MR) is 108 cm³/mol. The first-order valence-corrected chi connectivity index (χ1v) is 8.78. The van der Waals surface area contributed by atoms with Crippen LogP contribution in [0.4, 0.5) is 4.39 Å². The second-order valence-electron chi connectivity index (χ2n) is 6.22. The fourth-order valence-corrected chi connectivity index (χ4v) is 2.84. The molecular weight excluding hydrogens is 337 g/mol. The van der Waals surface area contributed by atoms with Gasteiger partial charge in [-0.1, -0.05) is 66.7 Å². The van der Waals surface area contributed by atoms with Gasteiger partial charge in [-0.3, -0.25) is 0 Å². The molecular formula is C24H18FNO. The summed E-state index contributed by atoms with van der Waals surface area (Å²) in [6.07, 6.45) is 3.84. The number of nitrogens with zero attached hydrogens (tertiary/aromatic N) is 1. The monoisotopic (exact) mass is 355 g/mol. The Morgan fingerprint density at radius 1 is 0.778 bits per heavy atom. The lowest BCUT2D eigenvalue weighted by Gasteiger charge is -2.09. The molecule has 0 fully saturated rings. The molecule has 27 heavy (non-hydrogen) atoms. The quantitative estimate of drug-likeness (QED) is 0.430. The first-order chi connectivity index (χ1) is 13.3. The van der Waals surface area contributed by atoms with Crippen molar-refractivity contribution >= 4 is 23.1 Å². The van der Waals surface area contributed by atoms with Gasteiger partial charge in [0.15, 0.2) is 0 Å². The number of fused-ring (bicyclic) bond motifs is 1. The van der Waals surface area contributed by atoms with Crippen molar-refractivity contribution in [3.63, 3.8) is 0 Å². The van der Waals surface area contributed by atoms with Crippen LogP contribution in [0.1, 0.15) is 16.8 Å². The van der Waals surface area contributed by atoms with Crippen LogP contribution in [0.3, 0.4) is 0 Å². The predicted octanol–water partition coefficient (Wildman–Crippen LogP) is 6.12. The van der Waals surface area contributed by atoms with E-state index in [1.807, 2.05) is 72.8 Å². The Balaban J connectivity index is 1.59. The SMILES string of the molecule is Fc1ccc(C=Cc2ccc3cccc(OCc4ccccc4)c3n2)cc1. The Bertz CT molecular complexity index is 1070. The van der Waals surface area contributed by atoms with Crippen molar-refractivity contribution in [1.29, 1.82) is 0 Å². The molecule has 0 N–H and O–H groups in total. The summed E-state index contributed by atoms with van der Waals surface area (Å²) in [4.78, 5) is 4.73. The summed E-state index contributed by atoms with van der Waals surface area (Å²) >= 11 is 0. The van der Waals surface area contributed by atoms with Crippen molar-refractivity contribution in [3.8, 4) is 5.75 Å². The maximum atomic E-state index is 13.0. The number of rotatable bonds is 5. The lowest BCUT2D eigenvalue weighted by atomic mass is 10.1. The first kappa shape index (κ1) is 17.0. The summed E-state index contributed by atoms with van der Waals surface area (Å²) in [6, 6.07) is 26.3. The van der Waals surface area contributed by atoms with Crippen molar-refractivity contribution in [2.24, 2.45) is 0 Å². The second kappa shape index (κ2) is 7.83. The smallest absolute Gasteiger partial charge is 0.146 e. The van der Waals surface area contributed by atoms with E-state index in [1.54, 1.807) is 12.1 Å². The van der Waals surface area contributed by atoms with Crippen LogP contribution in [-0.2, 0) is 6.61 Å². The van der Waals surface area contributed by atoms with E-state index in [2.05, 4.69) is 0 Å². The van der Waals surface area contributed by atoms with Crippen LogP contribution >= 0.6 is 0 Å². The number of pyridine rings is 1. The minimum Gasteiger partial charge on any atom is -0.487 e. The number of hydrogen-bond acceptors (Lipinski definition) is 2. The Kier molecular flexibility index (Phi) is 4.93. The highest BCUT2D eigenvalue weighted by Gasteiger charge is 2.05. The standard InChI is InChI=1S/C24H18FNO/c25-21-13-9-18(10-14-21)11-15-22-16-12-20-7-4-8-23(24(20)26-22)27-17-19-5-2-1-3-6-19/h1-16H,17H2. The zero-order valence-corrected chi connectivity index (χ0v) is 14.7. The van der Waals surface area contributed by atoms with Crippen molar-refractivity contribution in [2.75, 3.05) is 0 Å². The fourth-order valence-electron chi connectivity index (χ4n) is 2.84. The van der Waals surface area contributed by atoms with Gasteiger partial charge in [-0.25, -0.2) is 9.37 Å². The number of aromatic nitrogens is 1. The molecule has 0 bridgehead atoms. The molecule has 0 unspecified atom stereocenters. The molecule has 4 rings (SSSR count). The average Bonchev–Trinajstić information content (AvgIpc) is 2.72. The van der Waals surface area contributed by atoms with Crippen molar-refractivity contribution in [2.45, 2.75) is 6.61 Å². The topological polar surface area (TPSA) is 22.1 Å². The third kappa shape index (κ3) is 4.21. The molecule has 3 heteroatoms. The normalized spacial score (nSPS) is 11.1. The summed E-state index contributed by atoms with van der Waals surface area (Å²) in [7, 11) is 0. The molecule has 0 atom stereocenters. The van der Waals surface area contributed by atoms with Gasteiger partial charge in [0.2, 0.25) is 0 Å². The molecule has 0 aliphatic rings. The van der Waals surface area contributed by atoms with Crippen LogP contribution in [0.25, 0.3) is 23.1 Å². The van der Waals surface area contributed by atoms with Gasteiger partial charge < -0.3 is 4.74 Å². The lowest BCUT2D eigenvalue weighted by molar-refractivity contribution is 0.309. The molecule has 0 spiro atoms. The molecule has 1 heterocycles. The highest BCUT2D eigenvalue weighted by atomic mass is 19.1. The molecule has 0 aliphatic heterocycles. The number of ether oxygens (including phenoxy) is 1. The Morgan fingerprint density at radius 2 is 1.59 bits per heavy atom. The van der Waals surface area contributed by atoms with Gasteiger partial charge >= 0.3 is 0 Å². The van der Waals surface area contributed by atoms with Crippen molar-refractivity contribution in [3.05, 3.63) is 108 Å². The van der Waals surface area contributed by atoms with Gasteiger partial charge in [-0.05, 0) is 41.5 Å². The van der Waals surface area contributed by atoms with E-state index in [0.29, 0.717) is 6.61 Å². The molecule has 132 valence electrons. The summed E-state index contributed by atoms with van der Waals surface area (Å²) < 4.78 is 19.0. The van der Waals surface area contributed by atoms with Crippen LogP contribution in [0, 0.1) is 5.82 Å². The van der Waals surface area contributed by atoms with Gasteiger partial charge in [0.1, 0.15) is 23.7 Å². The maximum absolute atomic E-state index is 13.0. The highest BCUT2D eigenvalue weighted by molar-refractivity contribution is 5.86. The van der Waals surface area contributed by atoms with Gasteiger partial charge in [-0.15, -0.1) is 0 Å². The largest absolute Gasteiger partial charge is 0.487 e. The van der Waals surface area contributed by atoms with Crippen LogP contribution in [0.2, 0.25) is 0 Å². The van der Waals surface area contributed by atoms with Crippen LogP contribution < -0.4 is 4.74 Å². The van der Waals surface area contributed by atoms with Gasteiger partial charge in [0.05, 0.1) is 5.69 Å². The van der Waals surface area contributed by atoms with E-state index in [-0.39, 0.29) is 5.82 Å². The van der Waals surface area contributed by atoms with Crippen LogP contribution in [0.5, 0.6) is 5.75 Å². The molecule has 0 aliphatic carbocycles. The molecule has 1 aromatic heterocycles. The van der Waals surface area contributed by atoms with Crippen molar-refractivity contribution in [1.82, 2.24) is 4.98 Å². The van der Waals surface area contributed by atoms with Crippen molar-refractivity contribution < 1.29 is 9.13 Å². The lowest BCUT2D eigenvalue weighted by Crippen LogP contribution is -1.97. The maximum Gasteiger partial charge on any atom is 0.146 e. The molecule has 2 nitrogen and oxygen atoms in total. The third-order valence-electron chi connectivity index (χ3n) is 4.26. The number of para-hydroxylation sites is 1. The zero-order valence-electron chi connectivity index (χ0n) is 14.7.